The Balaban J connectivity index is 1.62. The van der Waals surface area contributed by atoms with E-state index in [4.69, 9.17) is 10.5 Å². The fraction of sp³-hybridized carbons (Fsp3) is 0.667. The second kappa shape index (κ2) is 5.96. The van der Waals surface area contributed by atoms with Crippen molar-refractivity contribution in [3.8, 4) is 5.75 Å². The highest BCUT2D eigenvalue weighted by molar-refractivity contribution is 5.37. The van der Waals surface area contributed by atoms with Crippen molar-refractivity contribution in [1.29, 1.82) is 0 Å². The second-order valence-electron chi connectivity index (χ2n) is 7.17. The number of hydrogen-bond acceptors (Lipinski definition) is 2. The lowest BCUT2D eigenvalue weighted by atomic mass is 9.72. The Kier molecular flexibility index (Phi) is 4.21. The SMILES string of the molecule is CC(C)C1CCC(N)C(CC2Cc3cc(F)ccc3O2)C1. The van der Waals surface area contributed by atoms with Crippen molar-refractivity contribution in [1.82, 2.24) is 0 Å². The first-order chi connectivity index (χ1) is 10.0. The summed E-state index contributed by atoms with van der Waals surface area (Å²) in [4.78, 5) is 0. The van der Waals surface area contributed by atoms with Crippen LogP contribution >= 0.6 is 0 Å². The van der Waals surface area contributed by atoms with Gasteiger partial charge in [-0.1, -0.05) is 13.8 Å². The Morgan fingerprint density at radius 3 is 2.90 bits per heavy atom. The van der Waals surface area contributed by atoms with E-state index in [1.165, 1.54) is 18.9 Å². The molecule has 1 heterocycles. The molecule has 1 aromatic rings. The molecule has 4 unspecified atom stereocenters. The number of ether oxygens (including phenoxy) is 1. The summed E-state index contributed by atoms with van der Waals surface area (Å²) in [5.41, 5.74) is 7.34. The summed E-state index contributed by atoms with van der Waals surface area (Å²) < 4.78 is 19.3. The van der Waals surface area contributed by atoms with Gasteiger partial charge in [0.1, 0.15) is 17.7 Å². The molecule has 0 radical (unpaired) electrons. The fourth-order valence-electron chi connectivity index (χ4n) is 3.96. The molecule has 116 valence electrons. The summed E-state index contributed by atoms with van der Waals surface area (Å²) in [7, 11) is 0. The summed E-state index contributed by atoms with van der Waals surface area (Å²) in [5, 5.41) is 0. The lowest BCUT2D eigenvalue weighted by Gasteiger charge is -2.37. The zero-order valence-electron chi connectivity index (χ0n) is 13.0. The molecule has 0 amide bonds. The second-order valence-corrected chi connectivity index (χ2v) is 7.17. The number of fused-ring (bicyclic) bond motifs is 1. The Bertz CT molecular complexity index is 502. The van der Waals surface area contributed by atoms with Crippen LogP contribution in [-0.2, 0) is 6.42 Å². The Labute approximate surface area is 126 Å². The van der Waals surface area contributed by atoms with Crippen molar-refractivity contribution in [2.45, 2.75) is 58.1 Å². The molecular weight excluding hydrogens is 265 g/mol. The molecule has 0 bridgehead atoms. The molecule has 21 heavy (non-hydrogen) atoms. The van der Waals surface area contributed by atoms with Crippen LogP contribution in [0.1, 0.15) is 45.1 Å². The molecule has 1 aliphatic carbocycles. The van der Waals surface area contributed by atoms with Crippen molar-refractivity contribution in [2.24, 2.45) is 23.5 Å². The summed E-state index contributed by atoms with van der Waals surface area (Å²) >= 11 is 0. The highest BCUT2D eigenvalue weighted by atomic mass is 19.1. The standard InChI is InChI=1S/C18H26FNO/c1-11(2)12-3-5-17(20)13(7-12)9-16-10-14-8-15(19)4-6-18(14)21-16/h4,6,8,11-13,16-17H,3,5,7,9-10,20H2,1-2H3. The maximum atomic E-state index is 13.3. The third kappa shape index (κ3) is 3.23. The Morgan fingerprint density at radius 1 is 1.33 bits per heavy atom. The highest BCUT2D eigenvalue weighted by Crippen LogP contribution is 2.38. The molecule has 2 nitrogen and oxygen atoms in total. The van der Waals surface area contributed by atoms with Gasteiger partial charge in [0.05, 0.1) is 0 Å². The van der Waals surface area contributed by atoms with Crippen molar-refractivity contribution < 1.29 is 9.13 Å². The van der Waals surface area contributed by atoms with E-state index in [2.05, 4.69) is 13.8 Å². The summed E-state index contributed by atoms with van der Waals surface area (Å²) in [6.07, 6.45) is 5.59. The summed E-state index contributed by atoms with van der Waals surface area (Å²) in [6, 6.07) is 5.13. The van der Waals surface area contributed by atoms with Crippen LogP contribution in [0.4, 0.5) is 4.39 Å². The zero-order chi connectivity index (χ0) is 15.0. The van der Waals surface area contributed by atoms with Crippen molar-refractivity contribution in [3.63, 3.8) is 0 Å². The van der Waals surface area contributed by atoms with Crippen LogP contribution in [0.15, 0.2) is 18.2 Å². The maximum absolute atomic E-state index is 13.3. The third-order valence-electron chi connectivity index (χ3n) is 5.35. The molecule has 2 N–H and O–H groups in total. The van der Waals surface area contributed by atoms with E-state index in [9.17, 15) is 4.39 Å². The molecule has 2 aliphatic rings. The zero-order valence-corrected chi connectivity index (χ0v) is 13.0. The molecule has 1 saturated carbocycles. The van der Waals surface area contributed by atoms with Gasteiger partial charge >= 0.3 is 0 Å². The van der Waals surface area contributed by atoms with E-state index < -0.39 is 0 Å². The number of hydrogen-bond donors (Lipinski definition) is 1. The minimum absolute atomic E-state index is 0.170. The number of benzene rings is 1. The maximum Gasteiger partial charge on any atom is 0.123 e. The topological polar surface area (TPSA) is 35.2 Å². The molecule has 3 rings (SSSR count). The first-order valence-electron chi connectivity index (χ1n) is 8.23. The average molecular weight is 291 g/mol. The number of rotatable bonds is 3. The van der Waals surface area contributed by atoms with Crippen molar-refractivity contribution in [3.05, 3.63) is 29.6 Å². The van der Waals surface area contributed by atoms with E-state index in [0.29, 0.717) is 12.0 Å². The molecule has 0 saturated heterocycles. The smallest absolute Gasteiger partial charge is 0.123 e. The lowest BCUT2D eigenvalue weighted by molar-refractivity contribution is 0.128. The van der Waals surface area contributed by atoms with Gasteiger partial charge in [-0.3, -0.25) is 0 Å². The van der Waals surface area contributed by atoms with Crippen LogP contribution in [0.5, 0.6) is 5.75 Å². The normalized spacial score (nSPS) is 32.0. The largest absolute Gasteiger partial charge is 0.490 e. The van der Waals surface area contributed by atoms with Gasteiger partial charge in [-0.05, 0) is 61.6 Å². The van der Waals surface area contributed by atoms with Crippen LogP contribution < -0.4 is 10.5 Å². The van der Waals surface area contributed by atoms with Crippen LogP contribution in [-0.4, -0.2) is 12.1 Å². The van der Waals surface area contributed by atoms with Gasteiger partial charge in [0, 0.05) is 18.0 Å². The first kappa shape index (κ1) is 14.8. The van der Waals surface area contributed by atoms with Gasteiger partial charge in [-0.2, -0.15) is 0 Å². The predicted molar refractivity (Wildman–Crippen MR) is 82.8 cm³/mol. The van der Waals surface area contributed by atoms with Crippen LogP contribution in [0.3, 0.4) is 0 Å². The van der Waals surface area contributed by atoms with Gasteiger partial charge in [-0.15, -0.1) is 0 Å². The highest BCUT2D eigenvalue weighted by Gasteiger charge is 2.33. The molecule has 0 aromatic heterocycles. The molecule has 1 fully saturated rings. The number of nitrogens with two attached hydrogens (primary N) is 1. The monoisotopic (exact) mass is 291 g/mol. The minimum atomic E-state index is -0.174. The van der Waals surface area contributed by atoms with E-state index in [-0.39, 0.29) is 11.9 Å². The lowest BCUT2D eigenvalue weighted by Crippen LogP contribution is -2.39. The third-order valence-corrected chi connectivity index (χ3v) is 5.35. The first-order valence-corrected chi connectivity index (χ1v) is 8.23. The van der Waals surface area contributed by atoms with Crippen molar-refractivity contribution in [2.75, 3.05) is 0 Å². The van der Waals surface area contributed by atoms with Gasteiger partial charge in [0.25, 0.3) is 0 Å². The molecule has 0 spiro atoms. The molecule has 4 atom stereocenters. The molecular formula is C18H26FNO. The predicted octanol–water partition coefficient (Wildman–Crippen LogP) is 3.92. The summed E-state index contributed by atoms with van der Waals surface area (Å²) in [6.45, 7) is 4.62. The van der Waals surface area contributed by atoms with Crippen LogP contribution in [0, 0.1) is 23.6 Å². The molecule has 1 aromatic carbocycles. The van der Waals surface area contributed by atoms with Gasteiger partial charge in [0.2, 0.25) is 0 Å². The minimum Gasteiger partial charge on any atom is -0.490 e. The van der Waals surface area contributed by atoms with Gasteiger partial charge < -0.3 is 10.5 Å². The Morgan fingerprint density at radius 2 is 2.14 bits per heavy atom. The van der Waals surface area contributed by atoms with Gasteiger partial charge in [-0.25, -0.2) is 4.39 Å². The van der Waals surface area contributed by atoms with Crippen molar-refractivity contribution >= 4 is 0 Å². The van der Waals surface area contributed by atoms with E-state index >= 15 is 0 Å². The Hall–Kier alpha value is -1.09. The quantitative estimate of drug-likeness (QED) is 0.916. The van der Waals surface area contributed by atoms with E-state index in [1.807, 2.05) is 0 Å². The van der Waals surface area contributed by atoms with Gasteiger partial charge in [0.15, 0.2) is 0 Å². The number of halogens is 1. The van der Waals surface area contributed by atoms with E-state index in [1.54, 1.807) is 12.1 Å². The molecule has 3 heteroatoms. The van der Waals surface area contributed by atoms with Crippen LogP contribution in [0.2, 0.25) is 0 Å². The van der Waals surface area contributed by atoms with Crippen LogP contribution in [0.25, 0.3) is 0 Å². The van der Waals surface area contributed by atoms with E-state index in [0.717, 1.165) is 42.4 Å². The summed E-state index contributed by atoms with van der Waals surface area (Å²) in [5.74, 6) is 2.74. The fourth-order valence-corrected chi connectivity index (χ4v) is 3.96. The molecule has 1 aliphatic heterocycles. The average Bonchev–Trinajstić information content (AvgIpc) is 2.82.